The number of nitro benzene ring substituents is 1. The molecule has 0 bridgehead atoms. The Morgan fingerprint density at radius 1 is 1.10 bits per heavy atom. The van der Waals surface area contributed by atoms with Crippen LogP contribution in [0.1, 0.15) is 31.1 Å². The smallest absolute Gasteiger partial charge is 0.329 e. The first kappa shape index (κ1) is 23.3. The molecule has 2 rings (SSSR count). The average molecular weight is 429 g/mol. The summed E-state index contributed by atoms with van der Waals surface area (Å²) in [6.45, 7) is 5.00. The van der Waals surface area contributed by atoms with E-state index in [4.69, 9.17) is 9.47 Å². The molecule has 0 aromatic heterocycles. The van der Waals surface area contributed by atoms with Crippen LogP contribution in [0.5, 0.6) is 5.75 Å². The largest absolute Gasteiger partial charge is 0.492 e. The number of para-hydroxylation sites is 2. The molecule has 2 atom stereocenters. The summed E-state index contributed by atoms with van der Waals surface area (Å²) in [5.74, 6) is -1.61. The number of nitrogens with zero attached hydrogens (tertiary/aromatic N) is 1. The van der Waals surface area contributed by atoms with E-state index < -0.39 is 34.9 Å². The van der Waals surface area contributed by atoms with E-state index in [2.05, 4.69) is 10.6 Å². The van der Waals surface area contributed by atoms with Crippen molar-refractivity contribution in [1.82, 2.24) is 5.32 Å². The molecule has 2 aromatic rings. The molecular formula is C21H23N3O7. The first-order valence-electron chi connectivity index (χ1n) is 9.51. The van der Waals surface area contributed by atoms with Crippen molar-refractivity contribution in [3.8, 4) is 5.75 Å². The van der Waals surface area contributed by atoms with Crippen molar-refractivity contribution in [2.75, 3.05) is 11.9 Å². The molecular weight excluding hydrogens is 406 g/mol. The minimum atomic E-state index is -1.14. The van der Waals surface area contributed by atoms with Crippen molar-refractivity contribution in [2.45, 2.75) is 32.9 Å². The molecule has 0 fully saturated rings. The van der Waals surface area contributed by atoms with Crippen molar-refractivity contribution >= 4 is 29.2 Å². The van der Waals surface area contributed by atoms with Crippen LogP contribution in [-0.2, 0) is 14.3 Å². The van der Waals surface area contributed by atoms with Crippen LogP contribution in [-0.4, -0.2) is 41.5 Å². The highest BCUT2D eigenvalue weighted by Crippen LogP contribution is 2.24. The Labute approximate surface area is 178 Å². The van der Waals surface area contributed by atoms with Crippen LogP contribution in [0.4, 0.5) is 11.4 Å². The quantitative estimate of drug-likeness (QED) is 0.355. The molecule has 31 heavy (non-hydrogen) atoms. The summed E-state index contributed by atoms with van der Waals surface area (Å²) < 4.78 is 10.6. The van der Waals surface area contributed by atoms with Gasteiger partial charge >= 0.3 is 5.97 Å². The fraction of sp³-hybridized carbons (Fsp3) is 0.286. The maximum absolute atomic E-state index is 12.4. The highest BCUT2D eigenvalue weighted by molar-refractivity contribution is 5.98. The molecule has 0 spiro atoms. The second-order valence-electron chi connectivity index (χ2n) is 6.50. The maximum atomic E-state index is 12.4. The van der Waals surface area contributed by atoms with E-state index in [9.17, 15) is 24.5 Å². The SMILES string of the molecule is CCOc1ccccc1NC(=O)C(C)OC(=O)[C@H](C)NC(=O)c1cccc([N+](=O)[O-])c1. The number of amides is 2. The highest BCUT2D eigenvalue weighted by atomic mass is 16.6. The number of carbonyl (C=O) groups is 3. The first-order chi connectivity index (χ1) is 14.7. The summed E-state index contributed by atoms with van der Waals surface area (Å²) in [7, 11) is 0. The molecule has 0 aliphatic rings. The van der Waals surface area contributed by atoms with Gasteiger partial charge in [0, 0.05) is 17.7 Å². The fourth-order valence-corrected chi connectivity index (χ4v) is 2.52. The summed E-state index contributed by atoms with van der Waals surface area (Å²) in [6.07, 6.45) is -1.14. The Hall–Kier alpha value is -3.95. The predicted octanol–water partition coefficient (Wildman–Crippen LogP) is 2.68. The monoisotopic (exact) mass is 429 g/mol. The number of nitrogens with one attached hydrogen (secondary N) is 2. The van der Waals surface area contributed by atoms with Crippen molar-refractivity contribution < 1.29 is 28.8 Å². The van der Waals surface area contributed by atoms with E-state index in [1.165, 1.54) is 32.0 Å². The fourth-order valence-electron chi connectivity index (χ4n) is 2.52. The minimum Gasteiger partial charge on any atom is -0.492 e. The van der Waals surface area contributed by atoms with Crippen LogP contribution in [0, 0.1) is 10.1 Å². The van der Waals surface area contributed by atoms with Crippen molar-refractivity contribution in [3.63, 3.8) is 0 Å². The zero-order valence-corrected chi connectivity index (χ0v) is 17.3. The molecule has 0 radical (unpaired) electrons. The Morgan fingerprint density at radius 2 is 1.81 bits per heavy atom. The molecule has 164 valence electrons. The second kappa shape index (κ2) is 10.7. The summed E-state index contributed by atoms with van der Waals surface area (Å²) in [4.78, 5) is 47.1. The van der Waals surface area contributed by atoms with Gasteiger partial charge in [-0.25, -0.2) is 4.79 Å². The van der Waals surface area contributed by atoms with E-state index in [1.807, 2.05) is 6.92 Å². The minimum absolute atomic E-state index is 0.0205. The molecule has 2 aromatic carbocycles. The van der Waals surface area contributed by atoms with Gasteiger partial charge < -0.3 is 20.1 Å². The Bertz CT molecular complexity index is 977. The number of benzene rings is 2. The van der Waals surface area contributed by atoms with E-state index in [0.717, 1.165) is 6.07 Å². The van der Waals surface area contributed by atoms with Gasteiger partial charge in [0.1, 0.15) is 11.8 Å². The van der Waals surface area contributed by atoms with Gasteiger partial charge in [0.15, 0.2) is 6.10 Å². The number of hydrogen-bond acceptors (Lipinski definition) is 7. The maximum Gasteiger partial charge on any atom is 0.329 e. The zero-order chi connectivity index (χ0) is 23.0. The molecule has 1 unspecified atom stereocenters. The number of anilines is 1. The molecule has 2 amide bonds. The van der Waals surface area contributed by atoms with Crippen LogP contribution >= 0.6 is 0 Å². The first-order valence-corrected chi connectivity index (χ1v) is 9.51. The Morgan fingerprint density at radius 3 is 2.48 bits per heavy atom. The number of carbonyl (C=O) groups excluding carboxylic acids is 3. The normalized spacial score (nSPS) is 12.2. The number of hydrogen-bond donors (Lipinski definition) is 2. The Balaban J connectivity index is 1.94. The summed E-state index contributed by atoms with van der Waals surface area (Å²) >= 11 is 0. The van der Waals surface area contributed by atoms with Gasteiger partial charge in [-0.15, -0.1) is 0 Å². The van der Waals surface area contributed by atoms with Crippen LogP contribution in [0.2, 0.25) is 0 Å². The van der Waals surface area contributed by atoms with Gasteiger partial charge in [-0.05, 0) is 39.0 Å². The third-order valence-electron chi connectivity index (χ3n) is 4.13. The number of nitro groups is 1. The third kappa shape index (κ3) is 6.53. The molecule has 0 aliphatic heterocycles. The van der Waals surface area contributed by atoms with Gasteiger partial charge in [0.25, 0.3) is 17.5 Å². The third-order valence-corrected chi connectivity index (χ3v) is 4.13. The van der Waals surface area contributed by atoms with Gasteiger partial charge in [-0.2, -0.15) is 0 Å². The zero-order valence-electron chi connectivity index (χ0n) is 17.3. The molecule has 10 nitrogen and oxygen atoms in total. The molecule has 0 saturated carbocycles. The lowest BCUT2D eigenvalue weighted by Crippen LogP contribution is -2.42. The van der Waals surface area contributed by atoms with Crippen molar-refractivity contribution in [2.24, 2.45) is 0 Å². The lowest BCUT2D eigenvalue weighted by atomic mass is 10.2. The molecule has 10 heteroatoms. The van der Waals surface area contributed by atoms with Crippen LogP contribution in [0.25, 0.3) is 0 Å². The summed E-state index contributed by atoms with van der Waals surface area (Å²) in [5.41, 5.74) is 0.206. The van der Waals surface area contributed by atoms with E-state index in [-0.39, 0.29) is 11.3 Å². The van der Waals surface area contributed by atoms with Gasteiger partial charge in [0.2, 0.25) is 0 Å². The van der Waals surface area contributed by atoms with Crippen LogP contribution in [0.3, 0.4) is 0 Å². The number of esters is 1. The topological polar surface area (TPSA) is 137 Å². The molecule has 2 N–H and O–H groups in total. The van der Waals surface area contributed by atoms with Gasteiger partial charge in [0.05, 0.1) is 17.2 Å². The molecule has 0 saturated heterocycles. The van der Waals surface area contributed by atoms with E-state index >= 15 is 0 Å². The van der Waals surface area contributed by atoms with Crippen LogP contribution < -0.4 is 15.4 Å². The predicted molar refractivity (Wildman–Crippen MR) is 112 cm³/mol. The van der Waals surface area contributed by atoms with E-state index in [1.54, 1.807) is 24.3 Å². The van der Waals surface area contributed by atoms with E-state index in [0.29, 0.717) is 18.0 Å². The highest BCUT2D eigenvalue weighted by Gasteiger charge is 2.24. The second-order valence-corrected chi connectivity index (χ2v) is 6.50. The van der Waals surface area contributed by atoms with Gasteiger partial charge in [-0.1, -0.05) is 18.2 Å². The molecule has 0 aliphatic carbocycles. The van der Waals surface area contributed by atoms with Crippen molar-refractivity contribution in [3.05, 3.63) is 64.2 Å². The van der Waals surface area contributed by atoms with Gasteiger partial charge in [-0.3, -0.25) is 19.7 Å². The summed E-state index contributed by atoms with van der Waals surface area (Å²) in [5, 5.41) is 15.9. The van der Waals surface area contributed by atoms with Crippen molar-refractivity contribution in [1.29, 1.82) is 0 Å². The van der Waals surface area contributed by atoms with Crippen LogP contribution in [0.15, 0.2) is 48.5 Å². The standard InChI is InChI=1S/C21H23N3O7/c1-4-30-18-11-6-5-10-17(18)23-19(25)14(3)31-21(27)13(2)22-20(26)15-8-7-9-16(12-15)24(28)29/h5-14H,4H2,1-3H3,(H,22,26)(H,23,25)/t13-,14?/m0/s1. The molecule has 0 heterocycles. The lowest BCUT2D eigenvalue weighted by molar-refractivity contribution is -0.384. The average Bonchev–Trinajstić information content (AvgIpc) is 2.75. The number of ether oxygens (including phenoxy) is 2. The Kier molecular flexibility index (Phi) is 8.07. The number of non-ortho nitro benzene ring substituents is 1. The lowest BCUT2D eigenvalue weighted by Gasteiger charge is -2.18. The summed E-state index contributed by atoms with van der Waals surface area (Å²) in [6, 6.07) is 10.8. The number of rotatable bonds is 9.